The molecule has 7 heteroatoms. The summed E-state index contributed by atoms with van der Waals surface area (Å²) < 4.78 is 5.33. The summed E-state index contributed by atoms with van der Waals surface area (Å²) >= 11 is 0. The van der Waals surface area contributed by atoms with Gasteiger partial charge in [-0.15, -0.1) is 24.0 Å². The number of aromatic nitrogens is 2. The van der Waals surface area contributed by atoms with E-state index < -0.39 is 0 Å². The molecule has 3 N–H and O–H groups in total. The third-order valence-electron chi connectivity index (χ3n) is 3.41. The van der Waals surface area contributed by atoms with Crippen molar-refractivity contribution in [1.29, 1.82) is 0 Å². The van der Waals surface area contributed by atoms with Crippen molar-refractivity contribution in [1.82, 2.24) is 20.6 Å². The van der Waals surface area contributed by atoms with Gasteiger partial charge in [0, 0.05) is 26.3 Å². The van der Waals surface area contributed by atoms with E-state index in [9.17, 15) is 0 Å². The highest BCUT2D eigenvalue weighted by molar-refractivity contribution is 14.0. The van der Waals surface area contributed by atoms with Crippen LogP contribution in [0, 0.1) is 0 Å². The number of hydrogen-bond donors (Lipinski definition) is 3. The summed E-state index contributed by atoms with van der Waals surface area (Å²) in [4.78, 5) is 12.3. The molecule has 0 atom stereocenters. The Morgan fingerprint density at radius 3 is 2.72 bits per heavy atom. The summed E-state index contributed by atoms with van der Waals surface area (Å²) in [6.45, 7) is 7.75. The number of H-pyrrole nitrogens is 1. The molecule has 2 rings (SSSR count). The molecule has 1 aromatic heterocycles. The van der Waals surface area contributed by atoms with E-state index in [1.165, 1.54) is 0 Å². The summed E-state index contributed by atoms with van der Waals surface area (Å²) in [5.74, 6) is 1.65. The van der Waals surface area contributed by atoms with Gasteiger partial charge in [-0.1, -0.05) is 30.3 Å². The monoisotopic (exact) mass is 457 g/mol. The molecule has 0 fully saturated rings. The Morgan fingerprint density at radius 1 is 1.20 bits per heavy atom. The van der Waals surface area contributed by atoms with Gasteiger partial charge < -0.3 is 20.4 Å². The predicted molar refractivity (Wildman–Crippen MR) is 113 cm³/mol. The second kappa shape index (κ2) is 12.7. The van der Waals surface area contributed by atoms with Gasteiger partial charge >= 0.3 is 0 Å². The lowest BCUT2D eigenvalue weighted by Crippen LogP contribution is -2.38. The van der Waals surface area contributed by atoms with Crippen LogP contribution in [0.1, 0.15) is 26.1 Å². The number of nitrogens with one attached hydrogen (secondary N) is 3. The second-order valence-electron chi connectivity index (χ2n) is 5.28. The topological polar surface area (TPSA) is 74.3 Å². The SMILES string of the molecule is CCNC(=NCc1ncc(-c2ccccc2)[nH]1)NCCCOCC.I. The maximum Gasteiger partial charge on any atom is 0.191 e. The first-order valence-electron chi connectivity index (χ1n) is 8.52. The molecular weight excluding hydrogens is 429 g/mol. The van der Waals surface area contributed by atoms with E-state index in [2.05, 4.69) is 44.7 Å². The molecule has 25 heavy (non-hydrogen) atoms. The highest BCUT2D eigenvalue weighted by Gasteiger charge is 2.03. The molecule has 138 valence electrons. The molecule has 0 radical (unpaired) electrons. The Balaban J connectivity index is 0.00000312. The standard InChI is InChI=1S/C18H27N5O.HI/c1-3-19-18(20-11-8-12-24-4-2)22-14-17-21-13-16(23-17)15-9-6-5-7-10-15;/h5-7,9-10,13H,3-4,8,11-12,14H2,1-2H3,(H,21,23)(H2,19,20,22);1H. The highest BCUT2D eigenvalue weighted by Crippen LogP contribution is 2.16. The predicted octanol–water partition coefficient (Wildman–Crippen LogP) is 3.18. The fraction of sp³-hybridized carbons (Fsp3) is 0.444. The maximum absolute atomic E-state index is 5.33. The van der Waals surface area contributed by atoms with Crippen molar-refractivity contribution in [3.8, 4) is 11.3 Å². The largest absolute Gasteiger partial charge is 0.382 e. The summed E-state index contributed by atoms with van der Waals surface area (Å²) in [6, 6.07) is 10.2. The Bertz CT molecular complexity index is 615. The molecular formula is C18H28IN5O. The number of halogens is 1. The summed E-state index contributed by atoms with van der Waals surface area (Å²) in [5, 5.41) is 6.54. The van der Waals surface area contributed by atoms with Crippen LogP contribution in [0.2, 0.25) is 0 Å². The van der Waals surface area contributed by atoms with Crippen molar-refractivity contribution in [3.63, 3.8) is 0 Å². The van der Waals surface area contributed by atoms with Crippen molar-refractivity contribution in [3.05, 3.63) is 42.4 Å². The Labute approximate surface area is 166 Å². The Kier molecular flexibility index (Phi) is 10.9. The van der Waals surface area contributed by atoms with Gasteiger partial charge in [0.25, 0.3) is 0 Å². The van der Waals surface area contributed by atoms with Crippen LogP contribution in [0.5, 0.6) is 0 Å². The van der Waals surface area contributed by atoms with E-state index in [-0.39, 0.29) is 24.0 Å². The molecule has 0 spiro atoms. The molecule has 0 saturated carbocycles. The summed E-state index contributed by atoms with van der Waals surface area (Å²) in [5.41, 5.74) is 2.14. The van der Waals surface area contributed by atoms with Crippen molar-refractivity contribution >= 4 is 29.9 Å². The van der Waals surface area contributed by atoms with Gasteiger partial charge in [0.15, 0.2) is 5.96 Å². The zero-order chi connectivity index (χ0) is 17.0. The minimum absolute atomic E-state index is 0. The lowest BCUT2D eigenvalue weighted by molar-refractivity contribution is 0.145. The number of ether oxygens (including phenoxy) is 1. The van der Waals surface area contributed by atoms with Crippen LogP contribution in [0.25, 0.3) is 11.3 Å². The maximum atomic E-state index is 5.33. The molecule has 6 nitrogen and oxygen atoms in total. The molecule has 2 aromatic rings. The lowest BCUT2D eigenvalue weighted by Gasteiger charge is -2.10. The first kappa shape index (κ1) is 21.4. The first-order valence-corrected chi connectivity index (χ1v) is 8.52. The van der Waals surface area contributed by atoms with Crippen LogP contribution in [-0.2, 0) is 11.3 Å². The molecule has 0 saturated heterocycles. The first-order chi connectivity index (χ1) is 11.8. The number of imidazole rings is 1. The normalized spacial score (nSPS) is 11.0. The fourth-order valence-corrected chi connectivity index (χ4v) is 2.23. The van der Waals surface area contributed by atoms with E-state index in [0.717, 1.165) is 55.8 Å². The second-order valence-corrected chi connectivity index (χ2v) is 5.28. The van der Waals surface area contributed by atoms with Crippen LogP contribution in [0.3, 0.4) is 0 Å². The minimum atomic E-state index is 0. The third-order valence-corrected chi connectivity index (χ3v) is 3.41. The quantitative estimate of drug-likeness (QED) is 0.234. The van der Waals surface area contributed by atoms with Crippen molar-refractivity contribution in [2.75, 3.05) is 26.3 Å². The van der Waals surface area contributed by atoms with Crippen molar-refractivity contribution in [2.45, 2.75) is 26.8 Å². The number of hydrogen-bond acceptors (Lipinski definition) is 3. The van der Waals surface area contributed by atoms with Crippen LogP contribution in [0.4, 0.5) is 0 Å². The number of aliphatic imine (C=N–C) groups is 1. The van der Waals surface area contributed by atoms with Gasteiger partial charge in [-0.05, 0) is 25.8 Å². The average Bonchev–Trinajstić information content (AvgIpc) is 3.09. The van der Waals surface area contributed by atoms with Gasteiger partial charge in [0.05, 0.1) is 11.9 Å². The molecule has 0 aliphatic rings. The molecule has 0 bridgehead atoms. The number of rotatable bonds is 9. The number of guanidine groups is 1. The Hall–Kier alpha value is -1.61. The van der Waals surface area contributed by atoms with Gasteiger partial charge in [0.2, 0.25) is 0 Å². The molecule has 1 heterocycles. The van der Waals surface area contributed by atoms with Crippen LogP contribution in [-0.4, -0.2) is 42.2 Å². The van der Waals surface area contributed by atoms with Crippen molar-refractivity contribution < 1.29 is 4.74 Å². The minimum Gasteiger partial charge on any atom is -0.382 e. The highest BCUT2D eigenvalue weighted by atomic mass is 127. The molecule has 0 unspecified atom stereocenters. The number of aromatic amines is 1. The van der Waals surface area contributed by atoms with Crippen LogP contribution < -0.4 is 10.6 Å². The van der Waals surface area contributed by atoms with Crippen LogP contribution in [0.15, 0.2) is 41.5 Å². The van der Waals surface area contributed by atoms with Gasteiger partial charge in [0.1, 0.15) is 12.4 Å². The third kappa shape index (κ3) is 7.87. The average molecular weight is 457 g/mol. The molecule has 0 aliphatic heterocycles. The summed E-state index contributed by atoms with van der Waals surface area (Å²) in [6.07, 6.45) is 2.81. The Morgan fingerprint density at radius 2 is 2.00 bits per heavy atom. The molecule has 1 aromatic carbocycles. The number of nitrogens with zero attached hydrogens (tertiary/aromatic N) is 2. The zero-order valence-corrected chi connectivity index (χ0v) is 17.2. The molecule has 0 aliphatic carbocycles. The summed E-state index contributed by atoms with van der Waals surface area (Å²) in [7, 11) is 0. The molecule has 0 amide bonds. The van der Waals surface area contributed by atoms with E-state index in [1.807, 2.05) is 31.3 Å². The van der Waals surface area contributed by atoms with E-state index >= 15 is 0 Å². The fourth-order valence-electron chi connectivity index (χ4n) is 2.23. The zero-order valence-electron chi connectivity index (χ0n) is 14.9. The number of benzene rings is 1. The lowest BCUT2D eigenvalue weighted by atomic mass is 10.2. The van der Waals surface area contributed by atoms with Gasteiger partial charge in [-0.25, -0.2) is 9.98 Å². The van der Waals surface area contributed by atoms with Crippen molar-refractivity contribution in [2.24, 2.45) is 4.99 Å². The smallest absolute Gasteiger partial charge is 0.191 e. The van der Waals surface area contributed by atoms with Crippen LogP contribution >= 0.6 is 24.0 Å². The van der Waals surface area contributed by atoms with Gasteiger partial charge in [-0.2, -0.15) is 0 Å². The van der Waals surface area contributed by atoms with Gasteiger partial charge in [-0.3, -0.25) is 0 Å². The van der Waals surface area contributed by atoms with E-state index in [0.29, 0.717) is 6.54 Å². The van der Waals surface area contributed by atoms with E-state index in [4.69, 9.17) is 4.74 Å². The van der Waals surface area contributed by atoms with E-state index in [1.54, 1.807) is 0 Å².